The van der Waals surface area contributed by atoms with Crippen molar-refractivity contribution in [3.8, 4) is 11.3 Å². The van der Waals surface area contributed by atoms with Crippen LogP contribution in [0.15, 0.2) is 60.7 Å². The molecule has 0 fully saturated rings. The molecule has 22 heavy (non-hydrogen) atoms. The molecule has 0 aliphatic carbocycles. The van der Waals surface area contributed by atoms with Gasteiger partial charge in [0.15, 0.2) is 0 Å². The third kappa shape index (κ3) is 3.40. The second-order valence-electron chi connectivity index (χ2n) is 5.11. The van der Waals surface area contributed by atoms with E-state index in [1.165, 1.54) is 11.1 Å². The molecule has 1 aromatic heterocycles. The molecule has 0 spiro atoms. The number of aromatic nitrogens is 1. The van der Waals surface area contributed by atoms with Crippen molar-refractivity contribution in [2.24, 2.45) is 0 Å². The van der Waals surface area contributed by atoms with Crippen LogP contribution in [-0.4, -0.2) is 18.1 Å². The molecular weight excluding hydrogens is 383 g/mol. The number of nitrogens with zero attached hydrogens (tertiary/aromatic N) is 2. The highest BCUT2D eigenvalue weighted by molar-refractivity contribution is 14.0. The summed E-state index contributed by atoms with van der Waals surface area (Å²) in [5.41, 5.74) is 4.50. The maximum absolute atomic E-state index is 4.75. The molecule has 2 aromatic carbocycles. The van der Waals surface area contributed by atoms with E-state index < -0.39 is 0 Å². The fraction of sp³-hybridized carbons (Fsp3) is 0.211. The number of fused-ring (bicyclic) bond motifs is 1. The van der Waals surface area contributed by atoms with Crippen LogP contribution in [0.3, 0.4) is 0 Å². The molecule has 0 unspecified atom stereocenters. The summed E-state index contributed by atoms with van der Waals surface area (Å²) >= 11 is 0. The quantitative estimate of drug-likeness (QED) is 0.544. The zero-order valence-electron chi connectivity index (χ0n) is 13.0. The molecule has 3 rings (SSSR count). The molecule has 0 atom stereocenters. The van der Waals surface area contributed by atoms with Crippen LogP contribution in [-0.2, 0) is 0 Å². The summed E-state index contributed by atoms with van der Waals surface area (Å²) in [7, 11) is 0. The lowest BCUT2D eigenvalue weighted by molar-refractivity contribution is 0.866. The highest BCUT2D eigenvalue weighted by Gasteiger charge is 2.04. The Labute approximate surface area is 149 Å². The molecule has 114 valence electrons. The average Bonchev–Trinajstić information content (AvgIpc) is 2.56. The molecule has 0 aliphatic heterocycles. The molecular formula is C19H21IN2. The summed E-state index contributed by atoms with van der Waals surface area (Å²) in [6.07, 6.45) is 0. The molecule has 0 bridgehead atoms. The molecule has 3 heteroatoms. The van der Waals surface area contributed by atoms with E-state index in [1.807, 2.05) is 12.1 Å². The summed E-state index contributed by atoms with van der Waals surface area (Å²) in [6.45, 7) is 6.43. The first-order valence-electron chi connectivity index (χ1n) is 7.53. The minimum atomic E-state index is 0. The minimum Gasteiger partial charge on any atom is -0.372 e. The number of hydrogen-bond donors (Lipinski definition) is 0. The summed E-state index contributed by atoms with van der Waals surface area (Å²) in [5, 5.41) is 1.18. The highest BCUT2D eigenvalue weighted by Crippen LogP contribution is 2.23. The number of pyridine rings is 1. The van der Waals surface area contributed by atoms with Crippen LogP contribution < -0.4 is 4.90 Å². The van der Waals surface area contributed by atoms with Crippen LogP contribution in [0, 0.1) is 0 Å². The summed E-state index contributed by atoms with van der Waals surface area (Å²) in [6, 6.07) is 21.1. The molecule has 0 amide bonds. The molecule has 0 N–H and O–H groups in total. The Morgan fingerprint density at radius 1 is 0.818 bits per heavy atom. The Morgan fingerprint density at radius 3 is 2.18 bits per heavy atom. The van der Waals surface area contributed by atoms with Gasteiger partial charge in [0.2, 0.25) is 0 Å². The molecule has 0 saturated carbocycles. The molecule has 2 nitrogen and oxygen atoms in total. The minimum absolute atomic E-state index is 0. The zero-order chi connectivity index (χ0) is 14.7. The van der Waals surface area contributed by atoms with Crippen LogP contribution in [0.25, 0.3) is 22.2 Å². The van der Waals surface area contributed by atoms with E-state index in [9.17, 15) is 0 Å². The van der Waals surface area contributed by atoms with Gasteiger partial charge in [0.1, 0.15) is 0 Å². The first-order chi connectivity index (χ1) is 10.3. The van der Waals surface area contributed by atoms with Gasteiger partial charge in [-0.1, -0.05) is 36.4 Å². The van der Waals surface area contributed by atoms with Crippen LogP contribution >= 0.6 is 24.0 Å². The topological polar surface area (TPSA) is 16.1 Å². The van der Waals surface area contributed by atoms with Crippen LogP contribution in [0.1, 0.15) is 13.8 Å². The normalized spacial score (nSPS) is 10.3. The van der Waals surface area contributed by atoms with Crippen molar-refractivity contribution < 1.29 is 0 Å². The van der Waals surface area contributed by atoms with E-state index in [2.05, 4.69) is 67.3 Å². The predicted molar refractivity (Wildman–Crippen MR) is 106 cm³/mol. The van der Waals surface area contributed by atoms with Crippen molar-refractivity contribution in [1.29, 1.82) is 0 Å². The second-order valence-corrected chi connectivity index (χ2v) is 5.11. The van der Waals surface area contributed by atoms with Crippen molar-refractivity contribution >= 4 is 40.6 Å². The molecule has 1 heterocycles. The van der Waals surface area contributed by atoms with Gasteiger partial charge in [-0.2, -0.15) is 0 Å². The lowest BCUT2D eigenvalue weighted by Gasteiger charge is -2.21. The fourth-order valence-electron chi connectivity index (χ4n) is 2.66. The van der Waals surface area contributed by atoms with Gasteiger partial charge in [-0.05, 0) is 38.1 Å². The summed E-state index contributed by atoms with van der Waals surface area (Å²) in [5.74, 6) is 0. The third-order valence-corrected chi connectivity index (χ3v) is 3.89. The molecule has 0 radical (unpaired) electrons. The SMILES string of the molecule is CCN(CC)c1ccc(-c2ccc3ccccc3n2)cc1.I. The van der Waals surface area contributed by atoms with E-state index in [4.69, 9.17) is 4.98 Å². The number of anilines is 1. The Balaban J connectivity index is 0.00000176. The fourth-order valence-corrected chi connectivity index (χ4v) is 2.66. The predicted octanol–water partition coefficient (Wildman–Crippen LogP) is 5.37. The first-order valence-corrected chi connectivity index (χ1v) is 7.53. The second kappa shape index (κ2) is 7.58. The van der Waals surface area contributed by atoms with Gasteiger partial charge in [0.05, 0.1) is 11.2 Å². The monoisotopic (exact) mass is 404 g/mol. The van der Waals surface area contributed by atoms with E-state index in [-0.39, 0.29) is 24.0 Å². The van der Waals surface area contributed by atoms with E-state index in [0.717, 1.165) is 29.9 Å². The number of para-hydroxylation sites is 1. The molecule has 0 saturated heterocycles. The first kappa shape index (κ1) is 16.7. The lowest BCUT2D eigenvalue weighted by Crippen LogP contribution is -2.21. The Hall–Kier alpha value is -1.62. The van der Waals surface area contributed by atoms with Crippen LogP contribution in [0.4, 0.5) is 5.69 Å². The van der Waals surface area contributed by atoms with E-state index in [1.54, 1.807) is 0 Å². The van der Waals surface area contributed by atoms with Gasteiger partial charge in [0.25, 0.3) is 0 Å². The van der Waals surface area contributed by atoms with Gasteiger partial charge in [-0.15, -0.1) is 24.0 Å². The standard InChI is InChI=1S/C19H20N2.HI/c1-3-21(4-2)17-12-9-16(10-13-17)19-14-11-15-7-5-6-8-18(15)20-19;/h5-14H,3-4H2,1-2H3;1H. The maximum Gasteiger partial charge on any atom is 0.0709 e. The van der Waals surface area contributed by atoms with Crippen LogP contribution in [0.2, 0.25) is 0 Å². The number of benzene rings is 2. The highest BCUT2D eigenvalue weighted by atomic mass is 127. The van der Waals surface area contributed by atoms with Crippen molar-refractivity contribution in [2.45, 2.75) is 13.8 Å². The summed E-state index contributed by atoms with van der Waals surface area (Å²) in [4.78, 5) is 7.09. The largest absolute Gasteiger partial charge is 0.372 e. The molecule has 3 aromatic rings. The van der Waals surface area contributed by atoms with E-state index in [0.29, 0.717) is 0 Å². The van der Waals surface area contributed by atoms with Gasteiger partial charge in [-0.3, -0.25) is 0 Å². The molecule has 0 aliphatic rings. The number of hydrogen-bond acceptors (Lipinski definition) is 2. The Bertz CT molecular complexity index is 734. The average molecular weight is 404 g/mol. The van der Waals surface area contributed by atoms with Crippen molar-refractivity contribution in [2.75, 3.05) is 18.0 Å². The maximum atomic E-state index is 4.75. The number of halogens is 1. The van der Waals surface area contributed by atoms with Gasteiger partial charge < -0.3 is 4.90 Å². The van der Waals surface area contributed by atoms with Gasteiger partial charge >= 0.3 is 0 Å². The number of rotatable bonds is 4. The summed E-state index contributed by atoms with van der Waals surface area (Å²) < 4.78 is 0. The van der Waals surface area contributed by atoms with E-state index >= 15 is 0 Å². The van der Waals surface area contributed by atoms with Crippen molar-refractivity contribution in [1.82, 2.24) is 4.98 Å². The Morgan fingerprint density at radius 2 is 1.50 bits per heavy atom. The van der Waals surface area contributed by atoms with Crippen molar-refractivity contribution in [3.63, 3.8) is 0 Å². The Kier molecular flexibility index (Phi) is 5.77. The van der Waals surface area contributed by atoms with Gasteiger partial charge in [-0.25, -0.2) is 4.98 Å². The zero-order valence-corrected chi connectivity index (χ0v) is 15.3. The third-order valence-electron chi connectivity index (χ3n) is 3.89. The van der Waals surface area contributed by atoms with Crippen molar-refractivity contribution in [3.05, 3.63) is 60.7 Å². The van der Waals surface area contributed by atoms with Crippen LogP contribution in [0.5, 0.6) is 0 Å². The van der Waals surface area contributed by atoms with Gasteiger partial charge in [0, 0.05) is 29.7 Å². The smallest absolute Gasteiger partial charge is 0.0709 e. The lowest BCUT2D eigenvalue weighted by atomic mass is 10.1.